The van der Waals surface area contributed by atoms with Crippen LogP contribution < -0.4 is 0 Å². The third kappa shape index (κ3) is 37.3. The Kier molecular flexibility index (Phi) is 31.1. The summed E-state index contributed by atoms with van der Waals surface area (Å²) in [4.78, 5) is 3.27. The molecule has 1 fully saturated rings. The van der Waals surface area contributed by atoms with Crippen LogP contribution in [0.15, 0.2) is 0 Å². The molecule has 0 aromatic heterocycles. The van der Waals surface area contributed by atoms with Crippen molar-refractivity contribution in [3.63, 3.8) is 0 Å². The summed E-state index contributed by atoms with van der Waals surface area (Å²) in [5.41, 5.74) is -0.167. The van der Waals surface area contributed by atoms with Gasteiger partial charge in [0.25, 0.3) is 0 Å². The van der Waals surface area contributed by atoms with Gasteiger partial charge in [0.05, 0.1) is 0 Å². The second-order valence-corrected chi connectivity index (χ2v) is 3.24. The zero-order valence-electron chi connectivity index (χ0n) is 9.53. The van der Waals surface area contributed by atoms with Gasteiger partial charge in [0, 0.05) is 41.2 Å². The average molecular weight is 390 g/mol. The van der Waals surface area contributed by atoms with Gasteiger partial charge in [-0.1, -0.05) is 0 Å². The van der Waals surface area contributed by atoms with Crippen molar-refractivity contribution in [1.82, 2.24) is 0 Å². The maximum absolute atomic E-state index is 7.50. The predicted molar refractivity (Wildman–Crippen MR) is 55.7 cm³/mol. The van der Waals surface area contributed by atoms with E-state index in [0.717, 1.165) is 0 Å². The van der Waals surface area contributed by atoms with Crippen molar-refractivity contribution in [2.24, 2.45) is 0 Å². The molecule has 0 aromatic rings. The summed E-state index contributed by atoms with van der Waals surface area (Å²) in [5, 5.41) is 0. The molecule has 0 bridgehead atoms. The van der Waals surface area contributed by atoms with E-state index in [4.69, 9.17) is 15.9 Å². The Labute approximate surface area is 113 Å². The van der Waals surface area contributed by atoms with E-state index in [1.807, 2.05) is 52.9 Å². The molecule has 1 saturated carbocycles. The third-order valence-corrected chi connectivity index (χ3v) is 0.891. The molecular formula is C12H14NO2Re. The second-order valence-electron chi connectivity index (χ2n) is 3.24. The van der Waals surface area contributed by atoms with E-state index in [2.05, 4.69) is 18.1 Å². The minimum Gasteiger partial charge on any atom is -0.0312 e. The van der Waals surface area contributed by atoms with Gasteiger partial charge in [0.2, 0.25) is 5.54 Å². The Balaban J connectivity index is -0.0000000658. The fourth-order valence-corrected chi connectivity index (χ4v) is 0.321. The minimum absolute atomic E-state index is 0. The van der Waals surface area contributed by atoms with E-state index in [1.54, 1.807) is 0 Å². The standard InChI is InChI=1S/C5H9N.C5H5.2CO.Re/c1-5(2,3)6-4;1-2-4-5-3-1;2*1-2;/h1-3H3;1-5H;;;. The van der Waals surface area contributed by atoms with Crippen LogP contribution in [0.3, 0.4) is 0 Å². The Morgan fingerprint density at radius 2 is 0.938 bits per heavy atom. The van der Waals surface area contributed by atoms with Gasteiger partial charge < -0.3 is 4.85 Å². The monoisotopic (exact) mass is 391 g/mol. The topological polar surface area (TPSA) is 44.2 Å². The van der Waals surface area contributed by atoms with Crippen molar-refractivity contribution < 1.29 is 29.7 Å². The van der Waals surface area contributed by atoms with Crippen molar-refractivity contribution in [1.29, 1.82) is 0 Å². The van der Waals surface area contributed by atoms with Crippen molar-refractivity contribution in [2.45, 2.75) is 26.3 Å². The van der Waals surface area contributed by atoms with E-state index in [0.29, 0.717) is 0 Å². The average Bonchev–Trinajstić information content (AvgIpc) is 2.81. The molecule has 1 aliphatic rings. The fraction of sp³-hybridized carbons (Fsp3) is 0.333. The summed E-state index contributed by atoms with van der Waals surface area (Å²) in [6.07, 6.45) is 10.0. The van der Waals surface area contributed by atoms with E-state index in [1.165, 1.54) is 0 Å². The van der Waals surface area contributed by atoms with Gasteiger partial charge in [-0.2, -0.15) is 0 Å². The first-order chi connectivity index (χ1) is 7.06. The quantitative estimate of drug-likeness (QED) is 0.451. The van der Waals surface area contributed by atoms with Crippen LogP contribution in [0.1, 0.15) is 20.8 Å². The zero-order valence-corrected chi connectivity index (χ0v) is 12.2. The largest absolute Gasteiger partial charge is 0.0312 e. The van der Waals surface area contributed by atoms with Crippen molar-refractivity contribution in [3.8, 4) is 0 Å². The van der Waals surface area contributed by atoms with Crippen LogP contribution >= 0.6 is 0 Å². The Morgan fingerprint density at radius 1 is 0.812 bits per heavy atom. The molecule has 0 heterocycles. The Morgan fingerprint density at radius 3 is 1.00 bits per heavy atom. The molecule has 1 aliphatic carbocycles. The summed E-state index contributed by atoms with van der Waals surface area (Å²) in [6, 6.07) is 0. The van der Waals surface area contributed by atoms with Gasteiger partial charge in [-0.3, -0.25) is 0 Å². The van der Waals surface area contributed by atoms with E-state index in [-0.39, 0.29) is 26.0 Å². The summed E-state index contributed by atoms with van der Waals surface area (Å²) < 4.78 is 15.0. The smallest absolute Gasteiger partial charge is 0 e. The first-order valence-electron chi connectivity index (χ1n) is 4.02. The van der Waals surface area contributed by atoms with Gasteiger partial charge in [-0.25, -0.2) is 6.57 Å². The molecule has 0 saturated heterocycles. The van der Waals surface area contributed by atoms with Crippen LogP contribution in [0.5, 0.6) is 0 Å². The van der Waals surface area contributed by atoms with Gasteiger partial charge in [0.15, 0.2) is 0 Å². The molecule has 16 heavy (non-hydrogen) atoms. The molecule has 0 amide bonds. The number of nitrogens with zero attached hydrogens (tertiary/aromatic N) is 1. The van der Waals surface area contributed by atoms with Crippen LogP contribution in [0, 0.1) is 52.0 Å². The second kappa shape index (κ2) is 20.1. The van der Waals surface area contributed by atoms with Crippen LogP contribution in [0.4, 0.5) is 0 Å². The van der Waals surface area contributed by atoms with Crippen molar-refractivity contribution in [2.75, 3.05) is 0 Å². The molecule has 4 heteroatoms. The predicted octanol–water partition coefficient (Wildman–Crippen LogP) is 2.65. The molecular weight excluding hydrogens is 376 g/mol. The maximum atomic E-state index is 7.50. The Hall–Kier alpha value is -0.368. The van der Waals surface area contributed by atoms with Crippen LogP contribution in [-0.4, -0.2) is 5.54 Å². The number of hydrogen-bond donors (Lipinski definition) is 0. The van der Waals surface area contributed by atoms with Gasteiger partial charge >= 0.3 is 22.6 Å². The van der Waals surface area contributed by atoms with Crippen LogP contribution in [0.25, 0.3) is 4.85 Å². The number of hydrogen-bond acceptors (Lipinski definition) is 0. The molecule has 0 aliphatic heterocycles. The summed E-state index contributed by atoms with van der Waals surface area (Å²) in [5.74, 6) is 0. The normalized spacial score (nSPS) is 11.6. The summed E-state index contributed by atoms with van der Waals surface area (Å²) in [6.45, 7) is 21.1. The molecule has 6 radical (unpaired) electrons. The molecule has 0 unspecified atom stereocenters. The van der Waals surface area contributed by atoms with E-state index >= 15 is 0 Å². The molecule has 0 atom stereocenters. The minimum atomic E-state index is -0.167. The van der Waals surface area contributed by atoms with E-state index in [9.17, 15) is 0 Å². The van der Waals surface area contributed by atoms with Crippen LogP contribution in [0.2, 0.25) is 0 Å². The number of rotatable bonds is 0. The maximum Gasteiger partial charge on any atom is 0 e. The van der Waals surface area contributed by atoms with Crippen molar-refractivity contribution >= 4 is 0 Å². The van der Waals surface area contributed by atoms with Crippen molar-refractivity contribution in [3.05, 3.63) is 56.8 Å². The molecule has 0 N–H and O–H groups in total. The summed E-state index contributed by atoms with van der Waals surface area (Å²) >= 11 is 0. The first kappa shape index (κ1) is 24.7. The van der Waals surface area contributed by atoms with Gasteiger partial charge in [0.1, 0.15) is 0 Å². The van der Waals surface area contributed by atoms with E-state index < -0.39 is 0 Å². The van der Waals surface area contributed by atoms with Gasteiger partial charge in [-0.15, -0.1) is 0 Å². The molecule has 1 rings (SSSR count). The van der Waals surface area contributed by atoms with Gasteiger partial charge in [-0.05, 0) is 32.1 Å². The molecule has 86 valence electrons. The third-order valence-electron chi connectivity index (χ3n) is 0.891. The summed E-state index contributed by atoms with van der Waals surface area (Å²) in [7, 11) is 0. The molecule has 0 aromatic carbocycles. The Bertz CT molecular complexity index is 181. The molecule has 0 spiro atoms. The zero-order chi connectivity index (χ0) is 12.7. The molecule has 3 nitrogen and oxygen atoms in total. The van der Waals surface area contributed by atoms with Crippen LogP contribution in [-0.2, 0) is 29.7 Å². The SMILES string of the molecule is [C-]#[N+]C(C)(C)C.[C-]#[O+].[C-]#[O+].[CH]1[CH][CH][CH][CH]1.[Re]. The first-order valence-corrected chi connectivity index (χ1v) is 4.02. The fourth-order valence-electron chi connectivity index (χ4n) is 0.321.